The van der Waals surface area contributed by atoms with E-state index >= 15 is 0 Å². The van der Waals surface area contributed by atoms with Gasteiger partial charge in [0.05, 0.1) is 6.10 Å². The fourth-order valence-corrected chi connectivity index (χ4v) is 3.12. The molecule has 1 fully saturated rings. The minimum atomic E-state index is 0.233. The monoisotopic (exact) mass is 353 g/mol. The van der Waals surface area contributed by atoms with Crippen LogP contribution >= 0.6 is 15.9 Å². The molecule has 1 aliphatic rings. The van der Waals surface area contributed by atoms with Crippen LogP contribution in [0.25, 0.3) is 0 Å². The van der Waals surface area contributed by atoms with Gasteiger partial charge in [0.2, 0.25) is 0 Å². The van der Waals surface area contributed by atoms with E-state index in [1.807, 2.05) is 24.3 Å². The number of carbonyl (C=O) groups excluding carboxylic acids is 1. The van der Waals surface area contributed by atoms with Crippen molar-refractivity contribution < 1.29 is 9.53 Å². The van der Waals surface area contributed by atoms with Crippen molar-refractivity contribution in [3.8, 4) is 0 Å². The zero-order valence-corrected chi connectivity index (χ0v) is 14.4. The van der Waals surface area contributed by atoms with Crippen LogP contribution in [0.15, 0.2) is 28.7 Å². The molecule has 0 amide bonds. The second kappa shape index (κ2) is 8.06. The van der Waals surface area contributed by atoms with Crippen LogP contribution in [0.1, 0.15) is 36.5 Å². The van der Waals surface area contributed by atoms with Crippen LogP contribution in [-0.2, 0) is 4.74 Å². The summed E-state index contributed by atoms with van der Waals surface area (Å²) in [5.41, 5.74) is 0.806. The van der Waals surface area contributed by atoms with Gasteiger partial charge in [0.15, 0.2) is 5.78 Å². The van der Waals surface area contributed by atoms with Crippen molar-refractivity contribution in [1.29, 1.82) is 0 Å². The molecule has 1 aromatic rings. The molecule has 1 heterocycles. The first-order valence-electron chi connectivity index (χ1n) is 7.64. The molecular weight excluding hydrogens is 330 g/mol. The number of rotatable bonds is 6. The molecule has 1 aromatic carbocycles. The molecule has 0 radical (unpaired) electrons. The highest BCUT2D eigenvalue weighted by molar-refractivity contribution is 9.10. The summed E-state index contributed by atoms with van der Waals surface area (Å²) in [6.07, 6.45) is 3.05. The number of carbonyl (C=O) groups is 1. The van der Waals surface area contributed by atoms with Crippen LogP contribution in [0.5, 0.6) is 0 Å². The summed E-state index contributed by atoms with van der Waals surface area (Å²) < 4.78 is 6.54. The molecule has 116 valence electrons. The molecule has 0 aliphatic carbocycles. The van der Waals surface area contributed by atoms with Crippen molar-refractivity contribution >= 4 is 21.7 Å². The van der Waals surface area contributed by atoms with Crippen molar-refractivity contribution in [1.82, 2.24) is 4.90 Å². The van der Waals surface area contributed by atoms with E-state index in [0.29, 0.717) is 18.4 Å². The number of halogens is 1. The van der Waals surface area contributed by atoms with Gasteiger partial charge in [-0.15, -0.1) is 0 Å². The van der Waals surface area contributed by atoms with Gasteiger partial charge in [0.1, 0.15) is 0 Å². The van der Waals surface area contributed by atoms with E-state index in [2.05, 4.69) is 27.8 Å². The van der Waals surface area contributed by atoms with E-state index in [-0.39, 0.29) is 5.78 Å². The molecule has 3 nitrogen and oxygen atoms in total. The standard InChI is InChI=1S/C17H24BrNO2/c1-13-9-11-19(12-17(13)21-2)10-3-4-16(20)14-5-7-15(18)8-6-14/h5-8,13,17H,3-4,9-12H2,1-2H3. The number of piperidine rings is 1. The van der Waals surface area contributed by atoms with E-state index in [0.717, 1.165) is 36.1 Å². The maximum atomic E-state index is 12.1. The number of methoxy groups -OCH3 is 1. The van der Waals surface area contributed by atoms with Crippen molar-refractivity contribution in [3.63, 3.8) is 0 Å². The van der Waals surface area contributed by atoms with Crippen molar-refractivity contribution in [2.45, 2.75) is 32.3 Å². The van der Waals surface area contributed by atoms with Crippen LogP contribution in [0.2, 0.25) is 0 Å². The highest BCUT2D eigenvalue weighted by atomic mass is 79.9. The van der Waals surface area contributed by atoms with E-state index in [9.17, 15) is 4.79 Å². The SMILES string of the molecule is COC1CN(CCCC(=O)c2ccc(Br)cc2)CCC1C. The number of nitrogens with zero attached hydrogens (tertiary/aromatic N) is 1. The van der Waals surface area contributed by atoms with Gasteiger partial charge in [-0.25, -0.2) is 0 Å². The number of benzene rings is 1. The van der Waals surface area contributed by atoms with E-state index in [4.69, 9.17) is 4.74 Å². The van der Waals surface area contributed by atoms with E-state index in [1.54, 1.807) is 7.11 Å². The summed E-state index contributed by atoms with van der Waals surface area (Å²) >= 11 is 3.39. The second-order valence-corrected chi connectivity index (χ2v) is 6.79. The molecule has 0 saturated carbocycles. The van der Waals surface area contributed by atoms with E-state index in [1.165, 1.54) is 6.42 Å². The molecule has 0 N–H and O–H groups in total. The topological polar surface area (TPSA) is 29.5 Å². The highest BCUT2D eigenvalue weighted by Crippen LogP contribution is 2.20. The molecule has 2 unspecified atom stereocenters. The first-order chi connectivity index (χ1) is 10.1. The third kappa shape index (κ3) is 4.90. The average molecular weight is 354 g/mol. The number of ketones is 1. The first kappa shape index (κ1) is 16.7. The molecule has 0 spiro atoms. The molecule has 1 aliphatic heterocycles. The van der Waals surface area contributed by atoms with Crippen LogP contribution in [0, 0.1) is 5.92 Å². The van der Waals surface area contributed by atoms with Gasteiger partial charge < -0.3 is 9.64 Å². The second-order valence-electron chi connectivity index (χ2n) is 5.87. The molecule has 1 saturated heterocycles. The number of likely N-dealkylation sites (tertiary alicyclic amines) is 1. The Morgan fingerprint density at radius 1 is 1.38 bits per heavy atom. The Morgan fingerprint density at radius 3 is 2.76 bits per heavy atom. The molecule has 0 aromatic heterocycles. The fourth-order valence-electron chi connectivity index (χ4n) is 2.85. The van der Waals surface area contributed by atoms with Crippen molar-refractivity contribution in [2.24, 2.45) is 5.92 Å². The van der Waals surface area contributed by atoms with Crippen LogP contribution in [-0.4, -0.2) is 43.5 Å². The summed E-state index contributed by atoms with van der Waals surface area (Å²) in [4.78, 5) is 14.5. The predicted octanol–water partition coefficient (Wildman–Crippen LogP) is 3.77. The van der Waals surface area contributed by atoms with Gasteiger partial charge in [0.25, 0.3) is 0 Å². The summed E-state index contributed by atoms with van der Waals surface area (Å²) in [6.45, 7) is 5.34. The van der Waals surface area contributed by atoms with Crippen LogP contribution in [0.3, 0.4) is 0 Å². The number of hydrogen-bond acceptors (Lipinski definition) is 3. The normalized spacial score (nSPS) is 23.2. The largest absolute Gasteiger partial charge is 0.380 e. The van der Waals surface area contributed by atoms with Crippen molar-refractivity contribution in [2.75, 3.05) is 26.7 Å². The maximum absolute atomic E-state index is 12.1. The summed E-state index contributed by atoms with van der Waals surface area (Å²) in [5, 5.41) is 0. The van der Waals surface area contributed by atoms with Gasteiger partial charge in [-0.2, -0.15) is 0 Å². The highest BCUT2D eigenvalue weighted by Gasteiger charge is 2.25. The Bertz CT molecular complexity index is 460. The third-order valence-electron chi connectivity index (χ3n) is 4.32. The maximum Gasteiger partial charge on any atom is 0.162 e. The lowest BCUT2D eigenvalue weighted by Gasteiger charge is -2.36. The number of Topliss-reactive ketones (excluding diaryl/α,β-unsaturated/α-hetero) is 1. The van der Waals surface area contributed by atoms with Gasteiger partial charge in [0, 0.05) is 30.1 Å². The Balaban J connectivity index is 1.74. The lowest BCUT2D eigenvalue weighted by molar-refractivity contribution is -0.00512. The van der Waals surface area contributed by atoms with Crippen molar-refractivity contribution in [3.05, 3.63) is 34.3 Å². The smallest absolute Gasteiger partial charge is 0.162 e. The summed E-state index contributed by atoms with van der Waals surface area (Å²) in [6, 6.07) is 7.61. The van der Waals surface area contributed by atoms with Gasteiger partial charge in [-0.1, -0.05) is 35.0 Å². The Morgan fingerprint density at radius 2 is 2.10 bits per heavy atom. The fraction of sp³-hybridized carbons (Fsp3) is 0.588. The average Bonchev–Trinajstić information content (AvgIpc) is 2.49. The minimum Gasteiger partial charge on any atom is -0.380 e. The first-order valence-corrected chi connectivity index (χ1v) is 8.43. The van der Waals surface area contributed by atoms with Gasteiger partial charge >= 0.3 is 0 Å². The van der Waals surface area contributed by atoms with Gasteiger partial charge in [-0.05, 0) is 44.0 Å². The molecule has 21 heavy (non-hydrogen) atoms. The molecular formula is C17H24BrNO2. The minimum absolute atomic E-state index is 0.233. The van der Waals surface area contributed by atoms with E-state index < -0.39 is 0 Å². The number of ether oxygens (including phenoxy) is 1. The quantitative estimate of drug-likeness (QED) is 0.729. The zero-order valence-electron chi connectivity index (χ0n) is 12.8. The Hall–Kier alpha value is -0.710. The van der Waals surface area contributed by atoms with Crippen LogP contribution in [0.4, 0.5) is 0 Å². The number of hydrogen-bond donors (Lipinski definition) is 0. The lowest BCUT2D eigenvalue weighted by Crippen LogP contribution is -2.44. The lowest BCUT2D eigenvalue weighted by atomic mass is 9.95. The molecule has 0 bridgehead atoms. The molecule has 2 rings (SSSR count). The zero-order chi connectivity index (χ0) is 15.2. The Labute approximate surface area is 135 Å². The molecule has 2 atom stereocenters. The summed E-state index contributed by atoms with van der Waals surface area (Å²) in [7, 11) is 1.79. The van der Waals surface area contributed by atoms with Crippen LogP contribution < -0.4 is 0 Å². The summed E-state index contributed by atoms with van der Waals surface area (Å²) in [5.74, 6) is 0.867. The molecule has 4 heteroatoms. The Kier molecular flexibility index (Phi) is 6.40. The predicted molar refractivity (Wildman–Crippen MR) is 88.7 cm³/mol. The third-order valence-corrected chi connectivity index (χ3v) is 4.85. The van der Waals surface area contributed by atoms with Gasteiger partial charge in [-0.3, -0.25) is 4.79 Å².